The van der Waals surface area contributed by atoms with Crippen LogP contribution in [0.25, 0.3) is 5.65 Å². The Balaban J connectivity index is 1.25. The van der Waals surface area contributed by atoms with Crippen molar-refractivity contribution in [2.75, 3.05) is 70.6 Å². The Morgan fingerprint density at radius 1 is 1.09 bits per heavy atom. The molecular formula is C35H48FN7O4. The molecule has 6 heterocycles. The Morgan fingerprint density at radius 2 is 1.85 bits per heavy atom. The molecule has 12 heteroatoms. The molecule has 0 saturated carbocycles. The van der Waals surface area contributed by atoms with Gasteiger partial charge in [-0.1, -0.05) is 26.0 Å². The van der Waals surface area contributed by atoms with Gasteiger partial charge in [-0.25, -0.2) is 18.3 Å². The minimum Gasteiger partial charge on any atom is -0.381 e. The predicted molar refractivity (Wildman–Crippen MR) is 178 cm³/mol. The first kappa shape index (κ1) is 32.4. The predicted octanol–water partition coefficient (Wildman–Crippen LogP) is 2.58. The molecule has 254 valence electrons. The molecule has 0 spiro atoms. The normalized spacial score (nSPS) is 25.8. The molecule has 4 aliphatic heterocycles. The summed E-state index contributed by atoms with van der Waals surface area (Å²) in [5.74, 6) is -0.266. The number of nitrogens with one attached hydrogen (secondary N) is 1. The fourth-order valence-corrected chi connectivity index (χ4v) is 7.93. The number of carbonyl (C=O) groups excluding carboxylic acids is 1. The second-order valence-corrected chi connectivity index (χ2v) is 14.6. The van der Waals surface area contributed by atoms with Gasteiger partial charge in [-0.3, -0.25) is 14.6 Å². The lowest BCUT2D eigenvalue weighted by Gasteiger charge is -2.43. The SMILES string of the molecule is C[C@@H]1CN(CC(=O)N2CC(C)(C)c3c2cc(Cc2ccc(F)cc2)c2nn(C4CCOCC4)c(=O)n32)[C@@H](CN2CCOC[C@H]2C)CN1. The van der Waals surface area contributed by atoms with E-state index in [4.69, 9.17) is 14.6 Å². The van der Waals surface area contributed by atoms with Gasteiger partial charge >= 0.3 is 5.69 Å². The number of halogens is 1. The van der Waals surface area contributed by atoms with E-state index in [2.05, 4.69) is 48.9 Å². The van der Waals surface area contributed by atoms with Gasteiger partial charge < -0.3 is 19.7 Å². The molecule has 0 radical (unpaired) electrons. The highest BCUT2D eigenvalue weighted by atomic mass is 19.1. The Labute approximate surface area is 275 Å². The zero-order valence-electron chi connectivity index (χ0n) is 28.1. The zero-order chi connectivity index (χ0) is 32.9. The maximum Gasteiger partial charge on any atom is 0.350 e. The van der Waals surface area contributed by atoms with Crippen molar-refractivity contribution >= 4 is 17.2 Å². The summed E-state index contributed by atoms with van der Waals surface area (Å²) in [6.07, 6.45) is 1.90. The van der Waals surface area contributed by atoms with Crippen LogP contribution in [0, 0.1) is 5.82 Å². The van der Waals surface area contributed by atoms with E-state index in [1.54, 1.807) is 21.2 Å². The molecule has 4 aliphatic rings. The second-order valence-electron chi connectivity index (χ2n) is 14.6. The third kappa shape index (κ3) is 6.38. The fraction of sp³-hybridized carbons (Fsp3) is 0.629. The molecule has 2 aromatic heterocycles. The molecule has 1 N–H and O–H groups in total. The van der Waals surface area contributed by atoms with Gasteiger partial charge in [0, 0.05) is 81.5 Å². The molecule has 7 rings (SSSR count). The Kier molecular flexibility index (Phi) is 8.99. The van der Waals surface area contributed by atoms with E-state index in [0.29, 0.717) is 44.4 Å². The number of piperazine rings is 1. The highest BCUT2D eigenvalue weighted by Crippen LogP contribution is 2.42. The van der Waals surface area contributed by atoms with Crippen molar-refractivity contribution in [3.8, 4) is 0 Å². The number of pyridine rings is 1. The molecule has 1 amide bonds. The summed E-state index contributed by atoms with van der Waals surface area (Å²) in [6, 6.07) is 9.25. The van der Waals surface area contributed by atoms with E-state index in [9.17, 15) is 14.0 Å². The van der Waals surface area contributed by atoms with Crippen LogP contribution in [0.3, 0.4) is 0 Å². The van der Waals surface area contributed by atoms with Gasteiger partial charge in [0.15, 0.2) is 5.65 Å². The molecule has 0 aliphatic carbocycles. The summed E-state index contributed by atoms with van der Waals surface area (Å²) < 4.78 is 28.4. The summed E-state index contributed by atoms with van der Waals surface area (Å²) in [6.45, 7) is 15.4. The van der Waals surface area contributed by atoms with Crippen LogP contribution in [0.5, 0.6) is 0 Å². The van der Waals surface area contributed by atoms with E-state index in [1.165, 1.54) is 12.1 Å². The summed E-state index contributed by atoms with van der Waals surface area (Å²) in [5.41, 5.74) is 3.27. The fourth-order valence-electron chi connectivity index (χ4n) is 7.93. The molecule has 3 atom stereocenters. The van der Waals surface area contributed by atoms with Crippen LogP contribution < -0.4 is 15.9 Å². The number of benzene rings is 1. The van der Waals surface area contributed by atoms with Gasteiger partial charge in [0.1, 0.15) is 5.82 Å². The van der Waals surface area contributed by atoms with E-state index >= 15 is 0 Å². The number of hydrogen-bond acceptors (Lipinski definition) is 8. The molecule has 3 aromatic rings. The number of carbonyl (C=O) groups is 1. The van der Waals surface area contributed by atoms with Crippen molar-refractivity contribution < 1.29 is 18.7 Å². The maximum absolute atomic E-state index is 14.4. The van der Waals surface area contributed by atoms with Gasteiger partial charge in [-0.05, 0) is 50.5 Å². The van der Waals surface area contributed by atoms with Crippen LogP contribution >= 0.6 is 0 Å². The van der Waals surface area contributed by atoms with Crippen molar-refractivity contribution in [1.82, 2.24) is 29.3 Å². The molecule has 0 unspecified atom stereocenters. The quantitative estimate of drug-likeness (QED) is 0.418. The number of anilines is 1. The highest BCUT2D eigenvalue weighted by molar-refractivity contribution is 5.98. The molecule has 1 aromatic carbocycles. The average molecular weight is 650 g/mol. The number of aromatic nitrogens is 3. The van der Waals surface area contributed by atoms with Crippen molar-refractivity contribution in [2.24, 2.45) is 0 Å². The minimum atomic E-state index is -0.482. The van der Waals surface area contributed by atoms with Crippen LogP contribution in [0.4, 0.5) is 10.1 Å². The molecule has 47 heavy (non-hydrogen) atoms. The minimum absolute atomic E-state index is 0.0305. The first-order chi connectivity index (χ1) is 22.6. The van der Waals surface area contributed by atoms with E-state index < -0.39 is 5.41 Å². The topological polar surface area (TPSA) is 96.6 Å². The van der Waals surface area contributed by atoms with Crippen molar-refractivity contribution in [3.05, 3.63) is 63.5 Å². The van der Waals surface area contributed by atoms with Gasteiger partial charge in [-0.15, -0.1) is 5.10 Å². The van der Waals surface area contributed by atoms with Gasteiger partial charge in [0.25, 0.3) is 0 Å². The third-order valence-electron chi connectivity index (χ3n) is 10.5. The lowest BCUT2D eigenvalue weighted by atomic mass is 9.90. The van der Waals surface area contributed by atoms with Crippen molar-refractivity contribution in [2.45, 2.75) is 76.5 Å². The number of rotatable bonds is 7. The van der Waals surface area contributed by atoms with Crippen molar-refractivity contribution in [3.63, 3.8) is 0 Å². The first-order valence-electron chi connectivity index (χ1n) is 17.2. The summed E-state index contributed by atoms with van der Waals surface area (Å²) >= 11 is 0. The standard InChI is InChI=1S/C35H48FN7O4/c1-23-18-40(29(17-37-23)19-39-11-14-47-21-24(39)2)20-31(44)41-22-35(3,4)32-30(41)16-26(15-25-5-7-27(36)8-6-25)33-38-43(34(45)42(32)33)28-9-12-46-13-10-28/h5-8,16,23-24,28-29,37H,9-15,17-22H2,1-4H3/t23-,24-,29-/m1/s1. The molecule has 3 saturated heterocycles. The Bertz CT molecular complexity index is 1660. The largest absolute Gasteiger partial charge is 0.381 e. The van der Waals surface area contributed by atoms with E-state index in [-0.39, 0.29) is 35.5 Å². The summed E-state index contributed by atoms with van der Waals surface area (Å²) in [7, 11) is 0. The van der Waals surface area contributed by atoms with Gasteiger partial charge in [0.2, 0.25) is 5.91 Å². The lowest BCUT2D eigenvalue weighted by Crippen LogP contribution is -2.62. The molecular weight excluding hydrogens is 601 g/mol. The van der Waals surface area contributed by atoms with Crippen molar-refractivity contribution in [1.29, 1.82) is 0 Å². The number of hydrogen-bond donors (Lipinski definition) is 1. The number of amides is 1. The van der Waals surface area contributed by atoms with E-state index in [1.807, 2.05) is 4.90 Å². The number of nitrogens with zero attached hydrogens (tertiary/aromatic N) is 6. The van der Waals surface area contributed by atoms with Crippen LogP contribution in [-0.2, 0) is 26.1 Å². The molecule has 0 bridgehead atoms. The number of ether oxygens (including phenoxy) is 2. The van der Waals surface area contributed by atoms with Gasteiger partial charge in [-0.2, -0.15) is 0 Å². The first-order valence-corrected chi connectivity index (χ1v) is 17.2. The van der Waals surface area contributed by atoms with Crippen LogP contribution in [0.2, 0.25) is 0 Å². The number of fused-ring (bicyclic) bond motifs is 3. The summed E-state index contributed by atoms with van der Waals surface area (Å²) in [5, 5.41) is 8.57. The third-order valence-corrected chi connectivity index (χ3v) is 10.5. The van der Waals surface area contributed by atoms with Crippen LogP contribution in [0.1, 0.15) is 63.4 Å². The lowest BCUT2D eigenvalue weighted by molar-refractivity contribution is -0.121. The number of morpholine rings is 1. The summed E-state index contributed by atoms with van der Waals surface area (Å²) in [4.78, 5) is 35.4. The maximum atomic E-state index is 14.4. The second kappa shape index (κ2) is 13.0. The smallest absolute Gasteiger partial charge is 0.350 e. The highest BCUT2D eigenvalue weighted by Gasteiger charge is 2.43. The van der Waals surface area contributed by atoms with Crippen LogP contribution in [-0.4, -0.2) is 114 Å². The van der Waals surface area contributed by atoms with E-state index in [0.717, 1.165) is 74.7 Å². The Morgan fingerprint density at radius 3 is 2.60 bits per heavy atom. The molecule has 3 fully saturated rings. The van der Waals surface area contributed by atoms with Crippen LogP contribution in [0.15, 0.2) is 35.1 Å². The molecule has 11 nitrogen and oxygen atoms in total. The monoisotopic (exact) mass is 649 g/mol. The average Bonchev–Trinajstić information content (AvgIpc) is 3.53. The zero-order valence-corrected chi connectivity index (χ0v) is 28.1. The Hall–Kier alpha value is -3.16. The van der Waals surface area contributed by atoms with Gasteiger partial charge in [0.05, 0.1) is 37.2 Å².